The molecule has 2 aromatic heterocycles. The molecule has 0 saturated carbocycles. The van der Waals surface area contributed by atoms with E-state index in [9.17, 15) is 18.3 Å². The van der Waals surface area contributed by atoms with E-state index in [1.807, 2.05) is 48.5 Å². The van der Waals surface area contributed by atoms with Gasteiger partial charge in [0.15, 0.2) is 11.0 Å². The van der Waals surface area contributed by atoms with Crippen molar-refractivity contribution in [2.24, 2.45) is 4.99 Å². The number of pyridine rings is 1. The van der Waals surface area contributed by atoms with Gasteiger partial charge in [0.25, 0.3) is 0 Å². The Morgan fingerprint density at radius 3 is 2.57 bits per heavy atom. The number of aromatic nitrogens is 4. The third-order valence-electron chi connectivity index (χ3n) is 6.65. The highest BCUT2D eigenvalue weighted by molar-refractivity contribution is 8.14. The van der Waals surface area contributed by atoms with Crippen LogP contribution in [-0.2, 0) is 0 Å². The number of halogens is 3. The zero-order valence-corrected chi connectivity index (χ0v) is 23.3. The molecule has 0 bridgehead atoms. The highest BCUT2D eigenvalue weighted by Gasteiger charge is 2.32. The van der Waals surface area contributed by atoms with Crippen LogP contribution >= 0.6 is 11.8 Å². The smallest absolute Gasteiger partial charge is 0.406 e. The molecule has 1 fully saturated rings. The lowest BCUT2D eigenvalue weighted by Gasteiger charge is -2.22. The Morgan fingerprint density at radius 1 is 1.02 bits per heavy atom. The van der Waals surface area contributed by atoms with Gasteiger partial charge >= 0.3 is 6.36 Å². The first kappa shape index (κ1) is 27.7. The highest BCUT2D eigenvalue weighted by atomic mass is 32.2. The van der Waals surface area contributed by atoms with Crippen LogP contribution < -0.4 is 9.64 Å². The lowest BCUT2D eigenvalue weighted by Crippen LogP contribution is -2.34. The molecule has 1 unspecified atom stereocenters. The van der Waals surface area contributed by atoms with E-state index in [0.717, 1.165) is 27.7 Å². The van der Waals surface area contributed by atoms with Gasteiger partial charge in [-0.05, 0) is 72.1 Å². The van der Waals surface area contributed by atoms with Crippen molar-refractivity contribution in [3.63, 3.8) is 0 Å². The summed E-state index contributed by atoms with van der Waals surface area (Å²) in [5.41, 5.74) is 4.01. The van der Waals surface area contributed by atoms with Crippen LogP contribution in [-0.4, -0.2) is 48.4 Å². The molecular weight excluding hydrogens is 565 g/mol. The molecule has 0 radical (unpaired) electrons. The number of aliphatic hydroxyl groups is 1. The van der Waals surface area contributed by atoms with E-state index in [-0.39, 0.29) is 5.75 Å². The number of amidine groups is 1. The Bertz CT molecular complexity index is 1770. The minimum Gasteiger partial charge on any atom is -0.406 e. The fraction of sp³-hybridized carbons (Fsp3) is 0.200. The Morgan fingerprint density at radius 2 is 1.81 bits per heavy atom. The second kappa shape index (κ2) is 11.1. The van der Waals surface area contributed by atoms with Crippen molar-refractivity contribution >= 4 is 39.3 Å². The SMILES string of the molecule is CC(C)c1ccccc1N=C1SCC(O)N1c1ccc2cc(-c3ncn(-c4ccc(OC(F)(F)F)cc4)n3)ccc2n1. The Balaban J connectivity index is 1.25. The quantitative estimate of drug-likeness (QED) is 0.226. The molecule has 0 spiro atoms. The van der Waals surface area contributed by atoms with E-state index in [4.69, 9.17) is 9.98 Å². The lowest BCUT2D eigenvalue weighted by molar-refractivity contribution is -0.274. The predicted molar refractivity (Wildman–Crippen MR) is 157 cm³/mol. The molecule has 0 amide bonds. The first-order chi connectivity index (χ1) is 20.1. The Kier molecular flexibility index (Phi) is 7.33. The van der Waals surface area contributed by atoms with E-state index in [1.165, 1.54) is 47.0 Å². The molecule has 3 aromatic carbocycles. The third-order valence-corrected chi connectivity index (χ3v) is 7.66. The fourth-order valence-corrected chi connectivity index (χ4v) is 5.61. The molecule has 5 aromatic rings. The van der Waals surface area contributed by atoms with Gasteiger partial charge in [0.2, 0.25) is 0 Å². The number of nitrogens with zero attached hydrogens (tertiary/aromatic N) is 6. The number of para-hydroxylation sites is 1. The maximum Gasteiger partial charge on any atom is 0.573 e. The van der Waals surface area contributed by atoms with Crippen LogP contribution in [0.15, 0.2) is 90.2 Å². The van der Waals surface area contributed by atoms with Crippen LogP contribution in [0.5, 0.6) is 5.75 Å². The Hall–Kier alpha value is -4.42. The van der Waals surface area contributed by atoms with Crippen LogP contribution in [0.25, 0.3) is 28.0 Å². The molecule has 1 aliphatic rings. The molecule has 3 heterocycles. The summed E-state index contributed by atoms with van der Waals surface area (Å²) in [6, 6.07) is 22.8. The molecule has 12 heteroatoms. The summed E-state index contributed by atoms with van der Waals surface area (Å²) in [5.74, 6) is 1.51. The standard InChI is InChI=1S/C30H25F3N6O2S/c1-18(2)23-5-3-4-6-25(23)36-29-39(27(40)16-42-29)26-14-8-19-15-20(7-13-24(19)35-26)28-34-17-38(37-28)21-9-11-22(12-10-21)41-30(31,32)33/h3-15,17-18,27,40H,16H2,1-2H3. The normalized spacial score (nSPS) is 16.6. The van der Waals surface area contributed by atoms with Gasteiger partial charge in [-0.15, -0.1) is 18.3 Å². The number of fused-ring (bicyclic) bond motifs is 1. The van der Waals surface area contributed by atoms with Crippen molar-refractivity contribution < 1.29 is 23.0 Å². The molecule has 6 rings (SSSR count). The third kappa shape index (κ3) is 5.81. The number of anilines is 1. The van der Waals surface area contributed by atoms with Crippen molar-refractivity contribution in [2.75, 3.05) is 10.7 Å². The topological polar surface area (TPSA) is 88.7 Å². The monoisotopic (exact) mass is 590 g/mol. The largest absolute Gasteiger partial charge is 0.573 e. The van der Waals surface area contributed by atoms with Crippen molar-refractivity contribution in [1.29, 1.82) is 0 Å². The summed E-state index contributed by atoms with van der Waals surface area (Å²) in [5, 5.41) is 16.8. The molecule has 42 heavy (non-hydrogen) atoms. The molecule has 8 nitrogen and oxygen atoms in total. The number of benzene rings is 3. The van der Waals surface area contributed by atoms with Gasteiger partial charge in [0.05, 0.1) is 16.9 Å². The van der Waals surface area contributed by atoms with Gasteiger partial charge in [-0.3, -0.25) is 4.90 Å². The van der Waals surface area contributed by atoms with Gasteiger partial charge in [0.1, 0.15) is 24.1 Å². The molecule has 1 N–H and O–H groups in total. The number of hydrogen-bond donors (Lipinski definition) is 1. The molecule has 214 valence electrons. The lowest BCUT2D eigenvalue weighted by atomic mass is 10.0. The number of aliphatic hydroxyl groups excluding tert-OH is 1. The van der Waals surface area contributed by atoms with Gasteiger partial charge in [-0.2, -0.15) is 0 Å². The van der Waals surface area contributed by atoms with Gasteiger partial charge in [0, 0.05) is 16.7 Å². The zero-order valence-electron chi connectivity index (χ0n) is 22.5. The second-order valence-corrected chi connectivity index (χ2v) is 10.9. The van der Waals surface area contributed by atoms with Crippen LogP contribution in [0.3, 0.4) is 0 Å². The van der Waals surface area contributed by atoms with Crippen molar-refractivity contribution in [3.8, 4) is 22.8 Å². The number of thioether (sulfide) groups is 1. The summed E-state index contributed by atoms with van der Waals surface area (Å²) < 4.78 is 42.7. The average molecular weight is 591 g/mol. The molecule has 0 aliphatic carbocycles. The molecule has 1 saturated heterocycles. The van der Waals surface area contributed by atoms with Gasteiger partial charge in [-0.25, -0.2) is 19.6 Å². The van der Waals surface area contributed by atoms with E-state index >= 15 is 0 Å². The minimum absolute atomic E-state index is 0.308. The minimum atomic E-state index is -4.75. The average Bonchev–Trinajstić information content (AvgIpc) is 3.59. The van der Waals surface area contributed by atoms with Crippen molar-refractivity contribution in [3.05, 3.63) is 90.8 Å². The highest BCUT2D eigenvalue weighted by Crippen LogP contribution is 2.34. The molecule has 1 aliphatic heterocycles. The van der Waals surface area contributed by atoms with E-state index in [0.29, 0.717) is 34.2 Å². The van der Waals surface area contributed by atoms with Crippen LogP contribution in [0.2, 0.25) is 0 Å². The first-order valence-corrected chi connectivity index (χ1v) is 14.1. The summed E-state index contributed by atoms with van der Waals surface area (Å²) in [6.07, 6.45) is -4.02. The number of hydrogen-bond acceptors (Lipinski definition) is 7. The van der Waals surface area contributed by atoms with Gasteiger partial charge in [-0.1, -0.05) is 43.8 Å². The fourth-order valence-electron chi connectivity index (χ4n) is 4.65. The molecular formula is C30H25F3N6O2S. The maximum absolute atomic E-state index is 12.4. The first-order valence-electron chi connectivity index (χ1n) is 13.1. The number of ether oxygens (including phenoxy) is 1. The summed E-state index contributed by atoms with van der Waals surface area (Å²) >= 11 is 1.49. The van der Waals surface area contributed by atoms with E-state index < -0.39 is 12.6 Å². The van der Waals surface area contributed by atoms with Gasteiger partial charge < -0.3 is 9.84 Å². The van der Waals surface area contributed by atoms with Crippen LogP contribution in [0, 0.1) is 0 Å². The number of rotatable bonds is 6. The summed E-state index contributed by atoms with van der Waals surface area (Å²) in [4.78, 5) is 15.8. The number of alkyl halides is 3. The summed E-state index contributed by atoms with van der Waals surface area (Å²) in [7, 11) is 0. The maximum atomic E-state index is 12.4. The zero-order chi connectivity index (χ0) is 29.4. The molecule has 1 atom stereocenters. The second-order valence-electron chi connectivity index (χ2n) is 9.90. The number of aliphatic imine (C=N–C) groups is 1. The van der Waals surface area contributed by atoms with Crippen LogP contribution in [0.4, 0.5) is 24.7 Å². The van der Waals surface area contributed by atoms with Crippen molar-refractivity contribution in [2.45, 2.75) is 32.4 Å². The summed E-state index contributed by atoms with van der Waals surface area (Å²) in [6.45, 7) is 4.25. The predicted octanol–water partition coefficient (Wildman–Crippen LogP) is 7.06. The Labute approximate surface area is 243 Å². The van der Waals surface area contributed by atoms with Crippen molar-refractivity contribution in [1.82, 2.24) is 19.7 Å². The van der Waals surface area contributed by atoms with E-state index in [1.54, 1.807) is 4.90 Å². The van der Waals surface area contributed by atoms with Crippen LogP contribution in [0.1, 0.15) is 25.3 Å². The van der Waals surface area contributed by atoms with E-state index in [2.05, 4.69) is 34.7 Å².